The average molecular weight is 765 g/mol. The Bertz CT molecular complexity index is 3580. The second kappa shape index (κ2) is 12.4. The summed E-state index contributed by atoms with van der Waals surface area (Å²) in [6, 6.07) is 56.6. The maximum Gasteiger partial charge on any atom is 0.140 e. The molecule has 2 unspecified atom stereocenters. The molecule has 3 aliphatic carbocycles. The molecular weight excluding hydrogens is 725 g/mol. The zero-order valence-electron chi connectivity index (χ0n) is 33.5. The SMILES string of the molecule is CC1(C)c2ccc(-c3ccc4cc(-c5c6ccccc6c(C6=CC=CC7C=CC=CC67)c6ccccc56)ccc4c3)cc2-c2c1c1oc3ccccc3c1c1ccccc21. The number of furan rings is 1. The van der Waals surface area contributed by atoms with Crippen molar-refractivity contribution in [2.24, 2.45) is 11.8 Å². The van der Waals surface area contributed by atoms with Crippen molar-refractivity contribution in [2.45, 2.75) is 19.3 Å². The average Bonchev–Trinajstić information content (AvgIpc) is 3.80. The van der Waals surface area contributed by atoms with Crippen LogP contribution in [0.4, 0.5) is 0 Å². The molecule has 1 nitrogen and oxygen atoms in total. The van der Waals surface area contributed by atoms with Gasteiger partial charge in [0.15, 0.2) is 0 Å². The van der Waals surface area contributed by atoms with Crippen LogP contribution >= 0.6 is 0 Å². The monoisotopic (exact) mass is 764 g/mol. The molecule has 0 saturated carbocycles. The zero-order valence-corrected chi connectivity index (χ0v) is 33.5. The fourth-order valence-corrected chi connectivity index (χ4v) is 11.2. The van der Waals surface area contributed by atoms with E-state index in [1.54, 1.807) is 0 Å². The lowest BCUT2D eigenvalue weighted by atomic mass is 9.74. The molecule has 282 valence electrons. The lowest BCUT2D eigenvalue weighted by Gasteiger charge is -2.29. The molecule has 0 fully saturated rings. The Balaban J connectivity index is 0.949. The predicted octanol–water partition coefficient (Wildman–Crippen LogP) is 16.2. The summed E-state index contributed by atoms with van der Waals surface area (Å²) in [6.45, 7) is 4.72. The number of benzene rings is 9. The van der Waals surface area contributed by atoms with Crippen molar-refractivity contribution < 1.29 is 4.42 Å². The third-order valence-electron chi connectivity index (χ3n) is 14.0. The summed E-state index contributed by atoms with van der Waals surface area (Å²) in [5.74, 6) is 0.706. The van der Waals surface area contributed by atoms with Crippen LogP contribution in [0.15, 0.2) is 199 Å². The van der Waals surface area contributed by atoms with Crippen molar-refractivity contribution in [3.05, 3.63) is 211 Å². The number of fused-ring (bicyclic) bond motifs is 14. The third kappa shape index (κ3) is 4.63. The number of para-hydroxylation sites is 1. The maximum absolute atomic E-state index is 6.77. The topological polar surface area (TPSA) is 13.1 Å². The summed E-state index contributed by atoms with van der Waals surface area (Å²) in [4.78, 5) is 0. The predicted molar refractivity (Wildman–Crippen MR) is 255 cm³/mol. The highest BCUT2D eigenvalue weighted by Crippen LogP contribution is 2.56. The van der Waals surface area contributed by atoms with Crippen LogP contribution in [0, 0.1) is 11.8 Å². The fraction of sp³-hybridized carbons (Fsp3) is 0.0847. The Morgan fingerprint density at radius 1 is 0.467 bits per heavy atom. The molecule has 0 amide bonds. The van der Waals surface area contributed by atoms with Gasteiger partial charge in [-0.25, -0.2) is 0 Å². The van der Waals surface area contributed by atoms with E-state index in [1.165, 1.54) is 110 Å². The van der Waals surface area contributed by atoms with Crippen LogP contribution in [0.25, 0.3) is 104 Å². The summed E-state index contributed by atoms with van der Waals surface area (Å²) < 4.78 is 6.77. The van der Waals surface area contributed by atoms with Gasteiger partial charge < -0.3 is 4.42 Å². The van der Waals surface area contributed by atoms with Gasteiger partial charge in [-0.2, -0.15) is 0 Å². The van der Waals surface area contributed by atoms with Gasteiger partial charge in [-0.3, -0.25) is 0 Å². The number of allylic oxidation sites excluding steroid dienone is 8. The molecule has 1 heterocycles. The van der Waals surface area contributed by atoms with Gasteiger partial charge >= 0.3 is 0 Å². The van der Waals surface area contributed by atoms with Gasteiger partial charge in [0, 0.05) is 33.6 Å². The van der Waals surface area contributed by atoms with Crippen LogP contribution in [0.5, 0.6) is 0 Å². The van der Waals surface area contributed by atoms with Crippen LogP contribution in [0.2, 0.25) is 0 Å². The van der Waals surface area contributed by atoms with Crippen molar-refractivity contribution in [2.75, 3.05) is 0 Å². The Morgan fingerprint density at radius 3 is 1.75 bits per heavy atom. The first-order valence-electron chi connectivity index (χ1n) is 21.3. The standard InChI is InChI=1S/C59H40O/c1-59(2)51-31-30-39(34-50(51)55-47-21-9-10-22-48(47)56-49-23-11-12-25-52(49)60-58(56)57(55)59)37-26-27-38-33-40(29-28-36(38)32-37)53-43-17-5-7-19-45(43)54(46-20-8-6-18-44(46)53)42-24-13-15-35-14-3-4-16-41(35)42/h3-35,41H,1-2H3. The van der Waals surface area contributed by atoms with E-state index in [1.807, 2.05) is 0 Å². The molecule has 3 aliphatic rings. The third-order valence-corrected chi connectivity index (χ3v) is 14.0. The summed E-state index contributed by atoms with van der Waals surface area (Å²) in [5.41, 5.74) is 14.7. The minimum absolute atomic E-state index is 0.219. The highest BCUT2D eigenvalue weighted by Gasteiger charge is 2.40. The van der Waals surface area contributed by atoms with Gasteiger partial charge in [-0.1, -0.05) is 184 Å². The van der Waals surface area contributed by atoms with Crippen LogP contribution in [0.3, 0.4) is 0 Å². The summed E-state index contributed by atoms with van der Waals surface area (Å²) in [6.07, 6.45) is 16.0. The molecule has 0 saturated heterocycles. The molecule has 2 atom stereocenters. The Labute approximate surface area is 348 Å². The molecule has 0 aliphatic heterocycles. The molecule has 0 N–H and O–H groups in total. The normalized spacial score (nSPS) is 17.5. The molecule has 9 aromatic carbocycles. The van der Waals surface area contributed by atoms with E-state index in [0.717, 1.165) is 11.2 Å². The highest BCUT2D eigenvalue weighted by molar-refractivity contribution is 6.25. The molecular formula is C59H40O. The van der Waals surface area contributed by atoms with Crippen molar-refractivity contribution in [3.63, 3.8) is 0 Å². The quantitative estimate of drug-likeness (QED) is 0.163. The van der Waals surface area contributed by atoms with Crippen molar-refractivity contribution in [1.82, 2.24) is 0 Å². The first-order chi connectivity index (χ1) is 29.5. The largest absolute Gasteiger partial charge is 0.456 e. The van der Waals surface area contributed by atoms with Gasteiger partial charge in [0.2, 0.25) is 0 Å². The molecule has 60 heavy (non-hydrogen) atoms. The van der Waals surface area contributed by atoms with Crippen LogP contribution in [-0.4, -0.2) is 0 Å². The van der Waals surface area contributed by atoms with Gasteiger partial charge in [-0.15, -0.1) is 0 Å². The molecule has 0 bridgehead atoms. The lowest BCUT2D eigenvalue weighted by Crippen LogP contribution is -2.15. The minimum Gasteiger partial charge on any atom is -0.456 e. The van der Waals surface area contributed by atoms with Crippen LogP contribution in [0.1, 0.15) is 30.5 Å². The Kier molecular flexibility index (Phi) is 6.97. The molecule has 0 radical (unpaired) electrons. The lowest BCUT2D eigenvalue weighted by molar-refractivity contribution is 0.620. The summed E-state index contributed by atoms with van der Waals surface area (Å²) in [5, 5.41) is 12.6. The van der Waals surface area contributed by atoms with Crippen LogP contribution in [-0.2, 0) is 5.41 Å². The summed E-state index contributed by atoms with van der Waals surface area (Å²) >= 11 is 0. The van der Waals surface area contributed by atoms with Crippen molar-refractivity contribution >= 4 is 70.6 Å². The van der Waals surface area contributed by atoms with E-state index in [9.17, 15) is 0 Å². The van der Waals surface area contributed by atoms with E-state index in [4.69, 9.17) is 4.42 Å². The number of hydrogen-bond acceptors (Lipinski definition) is 1. The minimum atomic E-state index is -0.219. The number of rotatable bonds is 3. The Morgan fingerprint density at radius 2 is 1.02 bits per heavy atom. The van der Waals surface area contributed by atoms with Crippen LogP contribution < -0.4 is 0 Å². The molecule has 1 aromatic heterocycles. The van der Waals surface area contributed by atoms with E-state index in [2.05, 4.69) is 208 Å². The van der Waals surface area contributed by atoms with Gasteiger partial charge in [0.05, 0.1) is 0 Å². The van der Waals surface area contributed by atoms with E-state index in [-0.39, 0.29) is 5.41 Å². The van der Waals surface area contributed by atoms with Crippen molar-refractivity contribution in [1.29, 1.82) is 0 Å². The molecule has 10 aromatic rings. The molecule has 0 spiro atoms. The second-order valence-corrected chi connectivity index (χ2v) is 17.5. The maximum atomic E-state index is 6.77. The van der Waals surface area contributed by atoms with E-state index in [0.29, 0.717) is 11.8 Å². The highest BCUT2D eigenvalue weighted by atomic mass is 16.3. The molecule has 1 heteroatoms. The van der Waals surface area contributed by atoms with E-state index >= 15 is 0 Å². The first-order valence-corrected chi connectivity index (χ1v) is 21.3. The Hall–Kier alpha value is -7.22. The zero-order chi connectivity index (χ0) is 39.7. The smallest absolute Gasteiger partial charge is 0.140 e. The first kappa shape index (κ1) is 33.7. The fourth-order valence-electron chi connectivity index (χ4n) is 11.2. The summed E-state index contributed by atoms with van der Waals surface area (Å²) in [7, 11) is 0. The van der Waals surface area contributed by atoms with Crippen molar-refractivity contribution in [3.8, 4) is 33.4 Å². The van der Waals surface area contributed by atoms with Gasteiger partial charge in [0.25, 0.3) is 0 Å². The number of hydrogen-bond donors (Lipinski definition) is 0. The van der Waals surface area contributed by atoms with Gasteiger partial charge in [-0.05, 0) is 117 Å². The van der Waals surface area contributed by atoms with Gasteiger partial charge in [0.1, 0.15) is 11.2 Å². The van der Waals surface area contributed by atoms with E-state index < -0.39 is 0 Å². The second-order valence-electron chi connectivity index (χ2n) is 17.5. The molecule has 13 rings (SSSR count).